The lowest BCUT2D eigenvalue weighted by Gasteiger charge is -2.10. The third-order valence-electron chi connectivity index (χ3n) is 2.46. The van der Waals surface area contributed by atoms with Crippen molar-refractivity contribution >= 4 is 31.7 Å². The van der Waals surface area contributed by atoms with Gasteiger partial charge in [0.05, 0.1) is 22.8 Å². The molecule has 0 aliphatic heterocycles. The van der Waals surface area contributed by atoms with E-state index in [2.05, 4.69) is 15.9 Å². The van der Waals surface area contributed by atoms with Gasteiger partial charge >= 0.3 is 5.97 Å². The third kappa shape index (κ3) is 4.88. The van der Waals surface area contributed by atoms with E-state index in [4.69, 9.17) is 9.84 Å². The number of halogens is 1. The summed E-state index contributed by atoms with van der Waals surface area (Å²) in [4.78, 5) is 10.9. The first-order chi connectivity index (χ1) is 9.24. The number of carboxylic acid groups (broad SMARTS) is 1. The molecule has 1 aromatic rings. The first-order valence-electron chi connectivity index (χ1n) is 6.07. The maximum Gasteiger partial charge on any atom is 0.337 e. The summed E-state index contributed by atoms with van der Waals surface area (Å²) in [6.07, 6.45) is 0. The van der Waals surface area contributed by atoms with Crippen molar-refractivity contribution in [1.82, 2.24) is 0 Å². The molecule has 0 amide bonds. The van der Waals surface area contributed by atoms with Crippen LogP contribution in [0.3, 0.4) is 0 Å². The van der Waals surface area contributed by atoms with Crippen LogP contribution in [0.5, 0.6) is 0 Å². The molecular weight excluding hydrogens is 348 g/mol. The Hall–Kier alpha value is -0.920. The minimum atomic E-state index is -3.69. The van der Waals surface area contributed by atoms with Crippen molar-refractivity contribution in [2.45, 2.75) is 18.7 Å². The van der Waals surface area contributed by atoms with Crippen molar-refractivity contribution in [3.63, 3.8) is 0 Å². The zero-order valence-corrected chi connectivity index (χ0v) is 13.7. The summed E-state index contributed by atoms with van der Waals surface area (Å²) in [7, 11) is -3.69. The van der Waals surface area contributed by atoms with E-state index < -0.39 is 15.8 Å². The quantitative estimate of drug-likeness (QED) is 0.752. The van der Waals surface area contributed by atoms with Gasteiger partial charge in [0.2, 0.25) is 0 Å². The van der Waals surface area contributed by atoms with Crippen LogP contribution in [0, 0.1) is 5.92 Å². The highest BCUT2D eigenvalue weighted by Gasteiger charge is 2.22. The molecule has 112 valence electrons. The van der Waals surface area contributed by atoms with Crippen LogP contribution in [0.1, 0.15) is 24.2 Å². The first kappa shape index (κ1) is 17.1. The van der Waals surface area contributed by atoms with Crippen LogP contribution in [0.15, 0.2) is 27.6 Å². The molecule has 0 spiro atoms. The molecule has 1 rings (SSSR count). The summed E-state index contributed by atoms with van der Waals surface area (Å²) in [6.45, 7) is 4.45. The zero-order chi connectivity index (χ0) is 15.3. The van der Waals surface area contributed by atoms with Crippen molar-refractivity contribution in [2.24, 2.45) is 5.92 Å². The first-order valence-corrected chi connectivity index (χ1v) is 8.52. The fourth-order valence-corrected chi connectivity index (χ4v) is 3.39. The minimum Gasteiger partial charge on any atom is -0.478 e. The van der Waals surface area contributed by atoms with Gasteiger partial charge in [0.25, 0.3) is 0 Å². The van der Waals surface area contributed by atoms with E-state index in [1.54, 1.807) is 0 Å². The molecule has 0 unspecified atom stereocenters. The molecule has 7 heteroatoms. The van der Waals surface area contributed by atoms with Gasteiger partial charge in [-0.25, -0.2) is 13.2 Å². The number of carboxylic acids is 1. The number of aromatic carboxylic acids is 1. The number of rotatable bonds is 7. The molecule has 1 N–H and O–H groups in total. The minimum absolute atomic E-state index is 0.0477. The summed E-state index contributed by atoms with van der Waals surface area (Å²) >= 11 is 3.15. The van der Waals surface area contributed by atoms with Gasteiger partial charge in [-0.3, -0.25) is 0 Å². The molecule has 0 aliphatic carbocycles. The van der Waals surface area contributed by atoms with Crippen molar-refractivity contribution in [3.05, 3.63) is 28.2 Å². The summed E-state index contributed by atoms with van der Waals surface area (Å²) in [5, 5.41) is 9.05. The SMILES string of the molecule is CC(C)COCCS(=O)(=O)c1cc(Br)ccc1C(=O)O. The standard InChI is InChI=1S/C13H17BrO5S/c1-9(2)8-19-5-6-20(17,18)12-7-10(14)3-4-11(12)13(15)16/h3-4,7,9H,5-6,8H2,1-2H3,(H,15,16). The van der Waals surface area contributed by atoms with Gasteiger partial charge in [-0.2, -0.15) is 0 Å². The van der Waals surface area contributed by atoms with Crippen LogP contribution in [-0.4, -0.2) is 38.5 Å². The molecule has 5 nitrogen and oxygen atoms in total. The fourth-order valence-electron chi connectivity index (χ4n) is 1.53. The number of ether oxygens (including phenoxy) is 1. The molecule has 0 aliphatic rings. The maximum absolute atomic E-state index is 12.2. The van der Waals surface area contributed by atoms with Crippen molar-refractivity contribution in [2.75, 3.05) is 19.0 Å². The predicted octanol–water partition coefficient (Wildman–Crippen LogP) is 2.59. The molecule has 0 atom stereocenters. The van der Waals surface area contributed by atoms with Crippen LogP contribution < -0.4 is 0 Å². The normalized spacial score (nSPS) is 11.8. The Bertz CT molecular complexity index is 580. The summed E-state index contributed by atoms with van der Waals surface area (Å²) in [5.74, 6) is -1.19. The lowest BCUT2D eigenvalue weighted by molar-refractivity contribution is 0.0692. The van der Waals surface area contributed by atoms with E-state index in [0.717, 1.165) is 0 Å². The highest BCUT2D eigenvalue weighted by molar-refractivity contribution is 9.10. The van der Waals surface area contributed by atoms with Gasteiger partial charge in [-0.05, 0) is 24.1 Å². The van der Waals surface area contributed by atoms with Gasteiger partial charge < -0.3 is 9.84 Å². The lowest BCUT2D eigenvalue weighted by Crippen LogP contribution is -2.17. The second-order valence-corrected chi connectivity index (χ2v) is 7.73. The fraction of sp³-hybridized carbons (Fsp3) is 0.462. The zero-order valence-electron chi connectivity index (χ0n) is 11.3. The van der Waals surface area contributed by atoms with Crippen molar-refractivity contribution in [3.8, 4) is 0 Å². The van der Waals surface area contributed by atoms with Gasteiger partial charge in [-0.1, -0.05) is 29.8 Å². The molecule has 0 fully saturated rings. The van der Waals surface area contributed by atoms with Crippen LogP contribution in [0.2, 0.25) is 0 Å². The van der Waals surface area contributed by atoms with Gasteiger partial charge in [0.1, 0.15) is 0 Å². The number of hydrogen-bond donors (Lipinski definition) is 1. The molecule has 0 saturated heterocycles. The van der Waals surface area contributed by atoms with E-state index in [1.165, 1.54) is 18.2 Å². The maximum atomic E-state index is 12.2. The predicted molar refractivity (Wildman–Crippen MR) is 78.8 cm³/mol. The number of hydrogen-bond acceptors (Lipinski definition) is 4. The summed E-state index contributed by atoms with van der Waals surface area (Å²) in [5.41, 5.74) is -0.225. The number of sulfone groups is 1. The Morgan fingerprint density at radius 3 is 2.60 bits per heavy atom. The van der Waals surface area contributed by atoms with E-state index in [-0.39, 0.29) is 22.8 Å². The van der Waals surface area contributed by atoms with Crippen LogP contribution in [-0.2, 0) is 14.6 Å². The van der Waals surface area contributed by atoms with Crippen molar-refractivity contribution < 1.29 is 23.1 Å². The smallest absolute Gasteiger partial charge is 0.337 e. The molecular formula is C13H17BrO5S. The molecule has 1 aromatic carbocycles. The topological polar surface area (TPSA) is 80.7 Å². The Kier molecular flexibility index (Phi) is 6.16. The van der Waals surface area contributed by atoms with Crippen LogP contribution in [0.4, 0.5) is 0 Å². The van der Waals surface area contributed by atoms with E-state index in [1.807, 2.05) is 13.8 Å². The van der Waals surface area contributed by atoms with Gasteiger partial charge in [-0.15, -0.1) is 0 Å². The molecule has 20 heavy (non-hydrogen) atoms. The monoisotopic (exact) mass is 364 g/mol. The molecule has 0 saturated carbocycles. The second-order valence-electron chi connectivity index (χ2n) is 4.73. The third-order valence-corrected chi connectivity index (χ3v) is 4.66. The Balaban J connectivity index is 2.92. The Labute approximate surface area is 127 Å². The summed E-state index contributed by atoms with van der Waals surface area (Å²) < 4.78 is 30.1. The summed E-state index contributed by atoms with van der Waals surface area (Å²) in [6, 6.07) is 4.08. The average molecular weight is 365 g/mol. The highest BCUT2D eigenvalue weighted by atomic mass is 79.9. The molecule has 0 heterocycles. The van der Waals surface area contributed by atoms with E-state index >= 15 is 0 Å². The van der Waals surface area contributed by atoms with Gasteiger partial charge in [0.15, 0.2) is 9.84 Å². The molecule has 0 bridgehead atoms. The average Bonchev–Trinajstić information content (AvgIpc) is 2.34. The Morgan fingerprint density at radius 2 is 2.05 bits per heavy atom. The Morgan fingerprint density at radius 1 is 1.40 bits per heavy atom. The second kappa shape index (κ2) is 7.19. The van der Waals surface area contributed by atoms with Crippen molar-refractivity contribution in [1.29, 1.82) is 0 Å². The number of carbonyl (C=O) groups is 1. The molecule has 0 aromatic heterocycles. The van der Waals surface area contributed by atoms with Crippen LogP contribution >= 0.6 is 15.9 Å². The lowest BCUT2D eigenvalue weighted by atomic mass is 10.2. The number of benzene rings is 1. The van der Waals surface area contributed by atoms with Gasteiger partial charge in [0, 0.05) is 11.1 Å². The van der Waals surface area contributed by atoms with E-state index in [0.29, 0.717) is 17.0 Å². The molecule has 0 radical (unpaired) electrons. The van der Waals surface area contributed by atoms with Crippen LogP contribution in [0.25, 0.3) is 0 Å². The largest absolute Gasteiger partial charge is 0.478 e. The van der Waals surface area contributed by atoms with E-state index in [9.17, 15) is 13.2 Å². The highest BCUT2D eigenvalue weighted by Crippen LogP contribution is 2.22.